The molecule has 6 nitrogen and oxygen atoms in total. The molecule has 1 fully saturated rings. The van der Waals surface area contributed by atoms with Gasteiger partial charge in [0.05, 0.1) is 16.3 Å². The maximum absolute atomic E-state index is 12.6. The van der Waals surface area contributed by atoms with E-state index in [4.69, 9.17) is 15.1 Å². The molecule has 1 N–H and O–H groups in total. The van der Waals surface area contributed by atoms with Crippen LogP contribution in [-0.4, -0.2) is 24.7 Å². The minimum Gasteiger partial charge on any atom is -0.309 e. The number of thiophene rings is 1. The molecule has 1 aliphatic rings. The predicted molar refractivity (Wildman–Crippen MR) is 117 cm³/mol. The fraction of sp³-hybridized carbons (Fsp3) is 0.333. The third kappa shape index (κ3) is 3.40. The van der Waals surface area contributed by atoms with Crippen molar-refractivity contribution in [3.05, 3.63) is 62.8 Å². The van der Waals surface area contributed by atoms with Crippen molar-refractivity contribution < 1.29 is 0 Å². The molecular weight excluding hydrogens is 402 g/mol. The Balaban J connectivity index is 1.47. The van der Waals surface area contributed by atoms with E-state index in [1.807, 2.05) is 55.8 Å². The average molecular weight is 424 g/mol. The highest BCUT2D eigenvalue weighted by atomic mass is 32.2. The number of hydrogen-bond donors (Lipinski definition) is 1. The molecule has 0 bridgehead atoms. The van der Waals surface area contributed by atoms with Crippen LogP contribution >= 0.6 is 23.1 Å². The van der Waals surface area contributed by atoms with E-state index in [9.17, 15) is 4.79 Å². The third-order valence-corrected chi connectivity index (χ3v) is 7.34. The monoisotopic (exact) mass is 423 g/mol. The Hall–Kier alpha value is -2.45. The summed E-state index contributed by atoms with van der Waals surface area (Å²) in [4.78, 5) is 27.0. The molecule has 8 heteroatoms. The number of fused-ring (bicyclic) bond motifs is 1. The number of nitrogens with one attached hydrogen (secondary N) is 1. The molecule has 0 spiro atoms. The molecule has 4 aromatic rings. The molecule has 0 radical (unpaired) electrons. The first-order valence-electron chi connectivity index (χ1n) is 9.70. The summed E-state index contributed by atoms with van der Waals surface area (Å²) in [6.07, 6.45) is 2.32. The van der Waals surface area contributed by atoms with Gasteiger partial charge in [0.15, 0.2) is 0 Å². The van der Waals surface area contributed by atoms with Crippen molar-refractivity contribution >= 4 is 33.3 Å². The first-order chi connectivity index (χ1) is 14.0. The van der Waals surface area contributed by atoms with Crippen molar-refractivity contribution in [2.24, 2.45) is 0 Å². The quantitative estimate of drug-likeness (QED) is 0.462. The van der Waals surface area contributed by atoms with E-state index in [-0.39, 0.29) is 10.8 Å². The summed E-state index contributed by atoms with van der Waals surface area (Å²) in [6, 6.07) is 10.1. The van der Waals surface area contributed by atoms with Crippen LogP contribution in [0.4, 0.5) is 0 Å². The number of benzene rings is 1. The summed E-state index contributed by atoms with van der Waals surface area (Å²) in [5.74, 6) is 2.17. The van der Waals surface area contributed by atoms with Gasteiger partial charge in [-0.2, -0.15) is 0 Å². The number of nitrogens with zero attached hydrogens (tertiary/aromatic N) is 4. The number of para-hydroxylation sites is 1. The summed E-state index contributed by atoms with van der Waals surface area (Å²) in [5.41, 5.74) is 1.97. The van der Waals surface area contributed by atoms with Crippen LogP contribution < -0.4 is 5.56 Å². The van der Waals surface area contributed by atoms with E-state index < -0.39 is 0 Å². The van der Waals surface area contributed by atoms with E-state index in [0.29, 0.717) is 22.3 Å². The van der Waals surface area contributed by atoms with Crippen LogP contribution in [0.25, 0.3) is 15.9 Å². The van der Waals surface area contributed by atoms with Crippen LogP contribution in [0.5, 0.6) is 0 Å². The van der Waals surface area contributed by atoms with Crippen LogP contribution in [0.1, 0.15) is 53.0 Å². The minimum atomic E-state index is -0.0688. The summed E-state index contributed by atoms with van der Waals surface area (Å²) >= 11 is 3.10. The van der Waals surface area contributed by atoms with Crippen LogP contribution in [0.15, 0.2) is 40.3 Å². The highest BCUT2D eigenvalue weighted by Gasteiger charge is 2.31. The lowest BCUT2D eigenvalue weighted by molar-refractivity contribution is 0.781. The number of hydrogen-bond acceptors (Lipinski definition) is 6. The molecule has 29 heavy (non-hydrogen) atoms. The second-order valence-electron chi connectivity index (χ2n) is 7.45. The van der Waals surface area contributed by atoms with Crippen LogP contribution in [-0.2, 0) is 0 Å². The van der Waals surface area contributed by atoms with Crippen molar-refractivity contribution in [2.45, 2.75) is 49.9 Å². The number of thioether (sulfide) groups is 1. The van der Waals surface area contributed by atoms with Gasteiger partial charge in [0.25, 0.3) is 5.56 Å². The average Bonchev–Trinajstić information content (AvgIpc) is 3.41. The Morgan fingerprint density at radius 2 is 1.97 bits per heavy atom. The van der Waals surface area contributed by atoms with Gasteiger partial charge < -0.3 is 4.98 Å². The first-order valence-corrected chi connectivity index (χ1v) is 11.4. The molecule has 5 rings (SSSR count). The van der Waals surface area contributed by atoms with Crippen molar-refractivity contribution in [1.29, 1.82) is 0 Å². The van der Waals surface area contributed by atoms with Crippen LogP contribution in [0.2, 0.25) is 0 Å². The molecule has 1 saturated carbocycles. The van der Waals surface area contributed by atoms with Gasteiger partial charge in [-0.25, -0.2) is 14.6 Å². The predicted octanol–water partition coefficient (Wildman–Crippen LogP) is 4.91. The second kappa shape index (κ2) is 7.11. The SMILES string of the molecule is Cc1sc2nc(C(C)Sc3nc(C4CC4)n(-c4ccccc4)n3)[nH]c(=O)c2c1C. The van der Waals surface area contributed by atoms with Gasteiger partial charge in [-0.3, -0.25) is 4.79 Å². The van der Waals surface area contributed by atoms with Gasteiger partial charge in [-0.05, 0) is 51.3 Å². The van der Waals surface area contributed by atoms with Gasteiger partial charge in [0.1, 0.15) is 16.5 Å². The third-order valence-electron chi connectivity index (χ3n) is 5.28. The van der Waals surface area contributed by atoms with Crippen molar-refractivity contribution in [1.82, 2.24) is 24.7 Å². The molecule has 3 aromatic heterocycles. The molecule has 1 aromatic carbocycles. The molecule has 148 valence electrons. The lowest BCUT2D eigenvalue weighted by atomic mass is 10.2. The molecule has 3 heterocycles. The van der Waals surface area contributed by atoms with Gasteiger partial charge in [0, 0.05) is 10.8 Å². The Morgan fingerprint density at radius 1 is 1.21 bits per heavy atom. The number of rotatable bonds is 5. The van der Waals surface area contributed by atoms with Gasteiger partial charge in [0.2, 0.25) is 5.16 Å². The number of aromatic nitrogens is 5. The van der Waals surface area contributed by atoms with E-state index >= 15 is 0 Å². The Bertz CT molecular complexity index is 1250. The van der Waals surface area contributed by atoms with Crippen molar-refractivity contribution in [3.8, 4) is 5.69 Å². The zero-order chi connectivity index (χ0) is 20.1. The highest BCUT2D eigenvalue weighted by Crippen LogP contribution is 2.41. The standard InChI is InChI=1S/C21H21N5OS2/c1-11-12(2)28-20-16(11)19(27)22-17(23-20)13(3)29-21-24-18(14-9-10-14)26(25-21)15-7-5-4-6-8-15/h4-8,13-14H,9-10H2,1-3H3,(H,22,23,27). The van der Waals surface area contributed by atoms with Gasteiger partial charge >= 0.3 is 0 Å². The zero-order valence-corrected chi connectivity index (χ0v) is 18.1. The Labute approximate surface area is 176 Å². The minimum absolute atomic E-state index is 0.0616. The van der Waals surface area contributed by atoms with Crippen molar-refractivity contribution in [2.75, 3.05) is 0 Å². The van der Waals surface area contributed by atoms with E-state index in [1.54, 1.807) is 11.3 Å². The first kappa shape index (κ1) is 18.6. The Kier molecular flexibility index (Phi) is 4.55. The summed E-state index contributed by atoms with van der Waals surface area (Å²) < 4.78 is 1.96. The summed E-state index contributed by atoms with van der Waals surface area (Å²) in [5, 5.41) is 6.12. The normalized spacial score (nSPS) is 15.1. The number of aromatic amines is 1. The van der Waals surface area contributed by atoms with Gasteiger partial charge in [-0.15, -0.1) is 16.4 Å². The molecule has 0 aliphatic heterocycles. The molecule has 1 atom stereocenters. The molecule has 0 amide bonds. The largest absolute Gasteiger partial charge is 0.309 e. The molecule has 1 aliphatic carbocycles. The summed E-state index contributed by atoms with van der Waals surface area (Å²) in [6.45, 7) is 6.03. The lowest BCUT2D eigenvalue weighted by Crippen LogP contribution is -2.12. The maximum atomic E-state index is 12.6. The van der Waals surface area contributed by atoms with E-state index in [0.717, 1.165) is 39.6 Å². The van der Waals surface area contributed by atoms with E-state index in [1.165, 1.54) is 11.8 Å². The summed E-state index contributed by atoms with van der Waals surface area (Å²) in [7, 11) is 0. The lowest BCUT2D eigenvalue weighted by Gasteiger charge is -2.08. The maximum Gasteiger partial charge on any atom is 0.259 e. The highest BCUT2D eigenvalue weighted by molar-refractivity contribution is 7.99. The fourth-order valence-electron chi connectivity index (χ4n) is 3.40. The number of aryl methyl sites for hydroxylation is 2. The second-order valence-corrected chi connectivity index (χ2v) is 9.96. The van der Waals surface area contributed by atoms with E-state index in [2.05, 4.69) is 4.98 Å². The molecule has 0 saturated heterocycles. The fourth-order valence-corrected chi connectivity index (χ4v) is 5.25. The van der Waals surface area contributed by atoms with Crippen LogP contribution in [0.3, 0.4) is 0 Å². The number of H-pyrrole nitrogens is 1. The molecular formula is C21H21N5OS2. The van der Waals surface area contributed by atoms with Crippen molar-refractivity contribution in [3.63, 3.8) is 0 Å². The molecule has 1 unspecified atom stereocenters. The van der Waals surface area contributed by atoms with Gasteiger partial charge in [-0.1, -0.05) is 30.0 Å². The topological polar surface area (TPSA) is 76.5 Å². The smallest absolute Gasteiger partial charge is 0.259 e. The Morgan fingerprint density at radius 3 is 2.69 bits per heavy atom. The van der Waals surface area contributed by atoms with Crippen LogP contribution in [0, 0.1) is 13.8 Å². The zero-order valence-electron chi connectivity index (χ0n) is 16.5.